The summed E-state index contributed by atoms with van der Waals surface area (Å²) >= 11 is 0. The van der Waals surface area contributed by atoms with Crippen molar-refractivity contribution < 1.29 is 4.21 Å². The number of nitrogens with zero attached hydrogens (tertiary/aromatic N) is 2. The predicted octanol–water partition coefficient (Wildman–Crippen LogP) is 1.32. The average Bonchev–Trinajstić information content (AvgIpc) is 2.40. The molecule has 1 saturated heterocycles. The number of hydrogen-bond donors (Lipinski definition) is 1. The Hall–Kier alpha value is -0.940. The molecule has 4 nitrogen and oxygen atoms in total. The van der Waals surface area contributed by atoms with Crippen molar-refractivity contribution >= 4 is 16.5 Å². The number of aromatic nitrogens is 1. The van der Waals surface area contributed by atoms with E-state index in [4.69, 9.17) is 0 Å². The van der Waals surface area contributed by atoms with Crippen LogP contribution in [0.15, 0.2) is 18.3 Å². The van der Waals surface area contributed by atoms with Gasteiger partial charge in [0.1, 0.15) is 0 Å². The number of hydrogen-bond acceptors (Lipinski definition) is 4. The fourth-order valence-electron chi connectivity index (χ4n) is 2.15. The fraction of sp³-hybridized carbons (Fsp3) is 0.615. The molecule has 0 aromatic carbocycles. The lowest BCUT2D eigenvalue weighted by atomic mass is 10.2. The fourth-order valence-corrected chi connectivity index (χ4v) is 3.20. The molecular formula is C13H21N3OS. The van der Waals surface area contributed by atoms with Crippen LogP contribution in [0.2, 0.25) is 0 Å². The maximum Gasteiger partial charge on any atom is 0.0572 e. The first-order valence-electron chi connectivity index (χ1n) is 6.50. The van der Waals surface area contributed by atoms with Crippen LogP contribution in [0.1, 0.15) is 25.6 Å². The highest BCUT2D eigenvalue weighted by Gasteiger charge is 2.16. The Labute approximate surface area is 111 Å². The molecule has 1 aliphatic heterocycles. The van der Waals surface area contributed by atoms with Gasteiger partial charge in [0.25, 0.3) is 0 Å². The third kappa shape index (κ3) is 3.29. The standard InChI is InChI=1S/C13H21N3OS/c1-3-14-11(2)13-5-4-12(10-15-13)16-6-8-18(17)9-7-16/h4-5,10-11,14H,3,6-9H2,1-2H3. The first-order chi connectivity index (χ1) is 8.70. The van der Waals surface area contributed by atoms with Gasteiger partial charge in [0.2, 0.25) is 0 Å². The topological polar surface area (TPSA) is 45.2 Å². The van der Waals surface area contributed by atoms with Crippen molar-refractivity contribution in [1.82, 2.24) is 10.3 Å². The SMILES string of the molecule is CCNC(C)c1ccc(N2CCS(=O)CC2)cn1. The quantitative estimate of drug-likeness (QED) is 0.894. The van der Waals surface area contributed by atoms with Crippen LogP contribution in [0.25, 0.3) is 0 Å². The van der Waals surface area contributed by atoms with Crippen molar-refractivity contribution in [3.63, 3.8) is 0 Å². The molecule has 1 fully saturated rings. The zero-order valence-electron chi connectivity index (χ0n) is 11.1. The second kappa shape index (κ2) is 6.29. The number of anilines is 1. The molecule has 1 N–H and O–H groups in total. The predicted molar refractivity (Wildman–Crippen MR) is 76.4 cm³/mol. The summed E-state index contributed by atoms with van der Waals surface area (Å²) in [6, 6.07) is 4.48. The number of rotatable bonds is 4. The Morgan fingerprint density at radius 3 is 2.72 bits per heavy atom. The van der Waals surface area contributed by atoms with E-state index in [-0.39, 0.29) is 6.04 Å². The lowest BCUT2D eigenvalue weighted by molar-refractivity contribution is 0.583. The summed E-state index contributed by atoms with van der Waals surface area (Å²) in [4.78, 5) is 6.77. The summed E-state index contributed by atoms with van der Waals surface area (Å²) in [6.45, 7) is 6.91. The summed E-state index contributed by atoms with van der Waals surface area (Å²) in [7, 11) is -0.621. The van der Waals surface area contributed by atoms with Crippen LogP contribution in [0.5, 0.6) is 0 Å². The number of pyridine rings is 1. The Kier molecular flexibility index (Phi) is 4.72. The monoisotopic (exact) mass is 267 g/mol. The van der Waals surface area contributed by atoms with Gasteiger partial charge in [-0.2, -0.15) is 0 Å². The minimum atomic E-state index is -0.621. The molecule has 0 radical (unpaired) electrons. The van der Waals surface area contributed by atoms with Crippen molar-refractivity contribution in [1.29, 1.82) is 0 Å². The molecular weight excluding hydrogens is 246 g/mol. The van der Waals surface area contributed by atoms with Crippen molar-refractivity contribution in [2.75, 3.05) is 36.0 Å². The first-order valence-corrected chi connectivity index (χ1v) is 7.98. The maximum atomic E-state index is 11.3. The van der Waals surface area contributed by atoms with Gasteiger partial charge in [-0.15, -0.1) is 0 Å². The van der Waals surface area contributed by atoms with E-state index in [1.54, 1.807) is 0 Å². The van der Waals surface area contributed by atoms with Gasteiger partial charge in [-0.25, -0.2) is 0 Å². The third-order valence-electron chi connectivity index (χ3n) is 3.27. The Morgan fingerprint density at radius 2 is 2.17 bits per heavy atom. The van der Waals surface area contributed by atoms with Gasteiger partial charge in [0, 0.05) is 41.4 Å². The van der Waals surface area contributed by atoms with E-state index in [1.807, 2.05) is 6.20 Å². The maximum absolute atomic E-state index is 11.3. The first kappa shape index (κ1) is 13.5. The van der Waals surface area contributed by atoms with Gasteiger partial charge in [0.05, 0.1) is 17.6 Å². The largest absolute Gasteiger partial charge is 0.368 e. The molecule has 0 spiro atoms. The molecule has 1 atom stereocenters. The van der Waals surface area contributed by atoms with Crippen molar-refractivity contribution in [2.24, 2.45) is 0 Å². The molecule has 2 heterocycles. The van der Waals surface area contributed by atoms with E-state index < -0.39 is 10.8 Å². The van der Waals surface area contributed by atoms with E-state index in [1.165, 1.54) is 0 Å². The lowest BCUT2D eigenvalue weighted by Crippen LogP contribution is -2.37. The second-order valence-corrected chi connectivity index (χ2v) is 6.25. The molecule has 18 heavy (non-hydrogen) atoms. The van der Waals surface area contributed by atoms with Crippen LogP contribution in [-0.2, 0) is 10.8 Å². The van der Waals surface area contributed by atoms with Gasteiger partial charge in [-0.3, -0.25) is 9.19 Å². The molecule has 100 valence electrons. The number of nitrogens with one attached hydrogen (secondary N) is 1. The van der Waals surface area contributed by atoms with Gasteiger partial charge >= 0.3 is 0 Å². The molecule has 0 bridgehead atoms. The van der Waals surface area contributed by atoms with Crippen molar-refractivity contribution in [2.45, 2.75) is 19.9 Å². The minimum Gasteiger partial charge on any atom is -0.368 e. The van der Waals surface area contributed by atoms with E-state index in [0.29, 0.717) is 0 Å². The lowest BCUT2D eigenvalue weighted by Gasteiger charge is -2.28. The van der Waals surface area contributed by atoms with Gasteiger partial charge in [-0.1, -0.05) is 6.92 Å². The van der Waals surface area contributed by atoms with Crippen LogP contribution in [0, 0.1) is 0 Å². The highest BCUT2D eigenvalue weighted by atomic mass is 32.2. The minimum absolute atomic E-state index is 0.290. The van der Waals surface area contributed by atoms with E-state index in [9.17, 15) is 4.21 Å². The normalized spacial score (nSPS) is 18.9. The molecule has 0 aliphatic carbocycles. The Balaban J connectivity index is 2.01. The summed E-state index contributed by atoms with van der Waals surface area (Å²) in [5, 5.41) is 3.35. The summed E-state index contributed by atoms with van der Waals surface area (Å²) in [5.74, 6) is 1.55. The van der Waals surface area contributed by atoms with Crippen molar-refractivity contribution in [3.8, 4) is 0 Å². The average molecular weight is 267 g/mol. The summed E-state index contributed by atoms with van der Waals surface area (Å²) in [6.07, 6.45) is 1.93. The zero-order valence-corrected chi connectivity index (χ0v) is 11.9. The Morgan fingerprint density at radius 1 is 1.44 bits per heavy atom. The summed E-state index contributed by atoms with van der Waals surface area (Å²) < 4.78 is 11.3. The van der Waals surface area contributed by atoms with E-state index >= 15 is 0 Å². The molecule has 5 heteroatoms. The zero-order chi connectivity index (χ0) is 13.0. The van der Waals surface area contributed by atoms with Crippen LogP contribution in [0.3, 0.4) is 0 Å². The molecule has 1 aliphatic rings. The molecule has 2 rings (SSSR count). The van der Waals surface area contributed by atoms with Crippen LogP contribution in [-0.4, -0.2) is 40.3 Å². The smallest absolute Gasteiger partial charge is 0.0572 e. The van der Waals surface area contributed by atoms with Crippen LogP contribution in [0.4, 0.5) is 5.69 Å². The van der Waals surface area contributed by atoms with Crippen LogP contribution >= 0.6 is 0 Å². The molecule has 1 unspecified atom stereocenters. The van der Waals surface area contributed by atoms with Crippen molar-refractivity contribution in [3.05, 3.63) is 24.0 Å². The molecule has 0 amide bonds. The van der Waals surface area contributed by atoms with Gasteiger partial charge in [0.15, 0.2) is 0 Å². The third-order valence-corrected chi connectivity index (χ3v) is 4.54. The summed E-state index contributed by atoms with van der Waals surface area (Å²) in [5.41, 5.74) is 2.21. The van der Waals surface area contributed by atoms with Gasteiger partial charge < -0.3 is 10.2 Å². The van der Waals surface area contributed by atoms with E-state index in [2.05, 4.69) is 41.2 Å². The van der Waals surface area contributed by atoms with Gasteiger partial charge in [-0.05, 0) is 25.6 Å². The Bertz CT molecular complexity index is 397. The second-order valence-electron chi connectivity index (χ2n) is 4.56. The van der Waals surface area contributed by atoms with Crippen LogP contribution < -0.4 is 10.2 Å². The highest BCUT2D eigenvalue weighted by Crippen LogP contribution is 2.17. The van der Waals surface area contributed by atoms with E-state index in [0.717, 1.165) is 42.5 Å². The molecule has 0 saturated carbocycles. The highest BCUT2D eigenvalue weighted by molar-refractivity contribution is 7.85. The molecule has 1 aromatic heterocycles. The molecule has 1 aromatic rings.